The number of benzene rings is 2. The maximum absolute atomic E-state index is 13.6. The zero-order chi connectivity index (χ0) is 19.9. The minimum atomic E-state index is -3.99. The normalized spacial score (nSPS) is 31.1. The van der Waals surface area contributed by atoms with Crippen LogP contribution in [-0.4, -0.2) is 36.6 Å². The van der Waals surface area contributed by atoms with Gasteiger partial charge in [0.1, 0.15) is 5.54 Å². The summed E-state index contributed by atoms with van der Waals surface area (Å²) in [6.07, 6.45) is 0.782. The molecule has 7 heteroatoms. The van der Waals surface area contributed by atoms with Gasteiger partial charge in [-0.3, -0.25) is 4.79 Å². The Bertz CT molecular complexity index is 1170. The molecule has 0 aromatic heterocycles. The van der Waals surface area contributed by atoms with E-state index < -0.39 is 27.1 Å². The van der Waals surface area contributed by atoms with Gasteiger partial charge in [-0.05, 0) is 43.9 Å². The van der Waals surface area contributed by atoms with E-state index in [1.165, 1.54) is 0 Å². The van der Waals surface area contributed by atoms with Crippen LogP contribution < -0.4 is 0 Å². The number of rotatable bonds is 2. The first kappa shape index (κ1) is 17.6. The van der Waals surface area contributed by atoms with Crippen molar-refractivity contribution in [1.82, 2.24) is 4.31 Å². The van der Waals surface area contributed by atoms with Gasteiger partial charge in [-0.15, -0.1) is 0 Å². The van der Waals surface area contributed by atoms with Crippen molar-refractivity contribution < 1.29 is 22.7 Å². The number of hydrogen-bond acceptors (Lipinski definition) is 5. The lowest BCUT2D eigenvalue weighted by atomic mass is 9.73. The average Bonchev–Trinajstić information content (AvgIpc) is 3.24. The summed E-state index contributed by atoms with van der Waals surface area (Å²) in [5.74, 6) is -0.994. The quantitative estimate of drug-likeness (QED) is 0.574. The third kappa shape index (κ3) is 1.70. The van der Waals surface area contributed by atoms with Gasteiger partial charge in [0, 0.05) is 11.1 Å². The van der Waals surface area contributed by atoms with Crippen LogP contribution in [0.25, 0.3) is 0 Å². The summed E-state index contributed by atoms with van der Waals surface area (Å²) in [6, 6.07) is 12.2. The molecule has 144 valence electrons. The van der Waals surface area contributed by atoms with Crippen molar-refractivity contribution >= 4 is 21.8 Å². The molecule has 3 atom stereocenters. The highest BCUT2D eigenvalue weighted by atomic mass is 32.2. The number of hydrogen-bond donors (Lipinski definition) is 0. The monoisotopic (exact) mass is 397 g/mol. The number of ether oxygens (including phenoxy) is 1. The van der Waals surface area contributed by atoms with Gasteiger partial charge in [0.2, 0.25) is 10.0 Å². The van der Waals surface area contributed by atoms with E-state index in [4.69, 9.17) is 4.74 Å². The first-order valence-electron chi connectivity index (χ1n) is 9.30. The van der Waals surface area contributed by atoms with Crippen molar-refractivity contribution in [2.24, 2.45) is 0 Å². The first-order chi connectivity index (χ1) is 13.3. The zero-order valence-corrected chi connectivity index (χ0v) is 16.4. The van der Waals surface area contributed by atoms with E-state index in [2.05, 4.69) is 0 Å². The Morgan fingerprint density at radius 1 is 1.21 bits per heavy atom. The fourth-order valence-electron chi connectivity index (χ4n) is 5.09. The number of aryl methyl sites for hydroxylation is 2. The molecule has 0 N–H and O–H groups in total. The van der Waals surface area contributed by atoms with Gasteiger partial charge in [0.15, 0.2) is 11.3 Å². The standard InChI is InChI=1S/C21H19NO5S/c1-3-27-19(24)21-16-9-8-13(2)12-17(16)28(25,26)22(21)20(21)11-10-14-6-4-5-7-15(14)18(20)23/h4-9,12H,3,10-11H2,1-2H3/t20-,21-,22?/m1/s1. The summed E-state index contributed by atoms with van der Waals surface area (Å²) in [6.45, 7) is 3.58. The van der Waals surface area contributed by atoms with Crippen LogP contribution in [-0.2, 0) is 31.5 Å². The molecular formula is C21H19NO5S. The van der Waals surface area contributed by atoms with Crippen LogP contribution in [0.3, 0.4) is 0 Å². The van der Waals surface area contributed by atoms with Crippen molar-refractivity contribution in [2.75, 3.05) is 6.61 Å². The molecule has 1 spiro atoms. The number of ketones is 1. The van der Waals surface area contributed by atoms with Gasteiger partial charge in [-0.25, -0.2) is 13.2 Å². The number of nitrogens with zero attached hydrogens (tertiary/aromatic N) is 1. The highest BCUT2D eigenvalue weighted by molar-refractivity contribution is 7.90. The Morgan fingerprint density at radius 3 is 2.71 bits per heavy atom. The fourth-order valence-corrected chi connectivity index (χ4v) is 7.47. The van der Waals surface area contributed by atoms with E-state index in [9.17, 15) is 18.0 Å². The number of sulfonamides is 1. The van der Waals surface area contributed by atoms with E-state index in [1.807, 2.05) is 12.1 Å². The molecule has 1 fully saturated rings. The SMILES string of the molecule is CCOC(=O)[C@@]12c3ccc(C)cc3S(=O)(=O)N1[C@@]21CCc2ccccc2C1=O. The first-order valence-corrected chi connectivity index (χ1v) is 10.7. The topological polar surface area (TPSA) is 80.5 Å². The van der Waals surface area contributed by atoms with E-state index in [-0.39, 0.29) is 23.7 Å². The van der Waals surface area contributed by atoms with Gasteiger partial charge in [0.25, 0.3) is 0 Å². The van der Waals surface area contributed by atoms with E-state index in [1.54, 1.807) is 44.2 Å². The molecule has 2 aromatic rings. The largest absolute Gasteiger partial charge is 0.464 e. The van der Waals surface area contributed by atoms with Gasteiger partial charge in [-0.2, -0.15) is 4.31 Å². The molecule has 0 radical (unpaired) electrons. The van der Waals surface area contributed by atoms with Crippen molar-refractivity contribution in [3.05, 3.63) is 64.7 Å². The highest BCUT2D eigenvalue weighted by Gasteiger charge is 2.91. The lowest BCUT2D eigenvalue weighted by Gasteiger charge is -2.28. The van der Waals surface area contributed by atoms with E-state index in [0.29, 0.717) is 17.5 Å². The van der Waals surface area contributed by atoms with Crippen molar-refractivity contribution in [2.45, 2.75) is 42.7 Å². The van der Waals surface area contributed by atoms with Crippen molar-refractivity contribution in [3.63, 3.8) is 0 Å². The lowest BCUT2D eigenvalue weighted by molar-refractivity contribution is -0.147. The van der Waals surface area contributed by atoms with Crippen LogP contribution >= 0.6 is 0 Å². The molecule has 2 aliphatic heterocycles. The maximum Gasteiger partial charge on any atom is 0.334 e. The predicted molar refractivity (Wildman–Crippen MR) is 100 cm³/mol. The van der Waals surface area contributed by atoms with E-state index in [0.717, 1.165) is 15.4 Å². The molecule has 1 aliphatic carbocycles. The summed E-state index contributed by atoms with van der Waals surface area (Å²) >= 11 is 0. The Balaban J connectivity index is 1.80. The minimum Gasteiger partial charge on any atom is -0.464 e. The molecule has 0 saturated carbocycles. The molecule has 3 aliphatic rings. The summed E-state index contributed by atoms with van der Waals surface area (Å²) in [5, 5.41) is 0. The Morgan fingerprint density at radius 2 is 1.96 bits per heavy atom. The van der Waals surface area contributed by atoms with Crippen LogP contribution in [0, 0.1) is 6.92 Å². The number of esters is 1. The van der Waals surface area contributed by atoms with Gasteiger partial charge in [-0.1, -0.05) is 36.4 Å². The molecular weight excluding hydrogens is 378 g/mol. The minimum absolute atomic E-state index is 0.0952. The molecule has 0 bridgehead atoms. The van der Waals surface area contributed by atoms with Crippen LogP contribution in [0.5, 0.6) is 0 Å². The van der Waals surface area contributed by atoms with E-state index >= 15 is 0 Å². The van der Waals surface area contributed by atoms with Crippen molar-refractivity contribution in [3.8, 4) is 0 Å². The van der Waals surface area contributed by atoms with Gasteiger partial charge >= 0.3 is 5.97 Å². The highest BCUT2D eigenvalue weighted by Crippen LogP contribution is 2.71. The van der Waals surface area contributed by atoms with Crippen LogP contribution in [0.1, 0.15) is 40.4 Å². The average molecular weight is 397 g/mol. The molecule has 1 saturated heterocycles. The number of carbonyl (C=O) groups excluding carboxylic acids is 2. The summed E-state index contributed by atoms with van der Waals surface area (Å²) in [5.41, 5.74) is -0.549. The molecule has 0 amide bonds. The Kier molecular flexibility index (Phi) is 3.33. The number of carbonyl (C=O) groups is 2. The maximum atomic E-state index is 13.6. The number of Topliss-reactive ketones (excluding diaryl/α,β-unsaturated/α-hetero) is 1. The molecule has 1 unspecified atom stereocenters. The van der Waals surface area contributed by atoms with Crippen molar-refractivity contribution in [1.29, 1.82) is 0 Å². The second-order valence-corrected chi connectivity index (χ2v) is 9.30. The zero-order valence-electron chi connectivity index (χ0n) is 15.6. The van der Waals surface area contributed by atoms with Crippen LogP contribution in [0.2, 0.25) is 0 Å². The third-order valence-corrected chi connectivity index (χ3v) is 8.17. The van der Waals surface area contributed by atoms with Crippen LogP contribution in [0.15, 0.2) is 47.4 Å². The fraction of sp³-hybridized carbons (Fsp3) is 0.333. The molecule has 2 aromatic carbocycles. The molecule has 28 heavy (non-hydrogen) atoms. The molecule has 2 heterocycles. The molecule has 5 rings (SSSR count). The number of fused-ring (bicyclic) bond motifs is 6. The summed E-state index contributed by atoms with van der Waals surface area (Å²) in [7, 11) is -3.99. The predicted octanol–water partition coefficient (Wildman–Crippen LogP) is 2.34. The summed E-state index contributed by atoms with van der Waals surface area (Å²) < 4.78 is 33.2. The third-order valence-electron chi connectivity index (χ3n) is 6.21. The summed E-state index contributed by atoms with van der Waals surface area (Å²) in [4.78, 5) is 26.9. The van der Waals surface area contributed by atoms with Gasteiger partial charge < -0.3 is 4.74 Å². The second-order valence-electron chi connectivity index (χ2n) is 7.55. The molecule has 6 nitrogen and oxygen atoms in total. The smallest absolute Gasteiger partial charge is 0.334 e. The Hall–Kier alpha value is -2.51. The lowest BCUT2D eigenvalue weighted by Crippen LogP contribution is -2.43. The van der Waals surface area contributed by atoms with Crippen LogP contribution in [0.4, 0.5) is 0 Å². The second kappa shape index (κ2) is 5.30. The Labute approximate surface area is 163 Å². The van der Waals surface area contributed by atoms with Gasteiger partial charge in [0.05, 0.1) is 11.5 Å².